The summed E-state index contributed by atoms with van der Waals surface area (Å²) in [4.78, 5) is 14.2. The quantitative estimate of drug-likeness (QED) is 0.310. The van der Waals surface area contributed by atoms with Gasteiger partial charge in [0.05, 0.1) is 12.7 Å². The molecule has 37 heavy (non-hydrogen) atoms. The van der Waals surface area contributed by atoms with Crippen molar-refractivity contribution in [3.63, 3.8) is 0 Å². The highest BCUT2D eigenvalue weighted by Crippen LogP contribution is 2.34. The van der Waals surface area contributed by atoms with Crippen molar-refractivity contribution in [2.75, 3.05) is 13.7 Å². The molecular weight excluding hydrogens is 507 g/mol. The molecule has 0 aromatic heterocycles. The molecule has 1 amide bonds. The number of hydrogen-bond acceptors (Lipinski definition) is 5. The number of amides is 1. The topological polar surface area (TPSA) is 72.9 Å². The van der Waals surface area contributed by atoms with Crippen LogP contribution in [0.15, 0.2) is 71.6 Å². The SMILES string of the molecule is COc1ccc(CN(CC(C)C)C(=O)c2ccc(C)cc2)cc1OS(=O)(=O)c1cccc(C(F)(F)F)c1. The number of carbonyl (C=O) groups excluding carboxylic acids is 1. The van der Waals surface area contributed by atoms with E-state index in [1.807, 2.05) is 32.9 Å². The summed E-state index contributed by atoms with van der Waals surface area (Å²) in [5.41, 5.74) is 0.974. The minimum atomic E-state index is -4.72. The normalized spacial score (nSPS) is 11.9. The molecule has 198 valence electrons. The molecule has 0 radical (unpaired) electrons. The van der Waals surface area contributed by atoms with Crippen LogP contribution in [0, 0.1) is 12.8 Å². The zero-order valence-corrected chi connectivity index (χ0v) is 21.7. The van der Waals surface area contributed by atoms with Gasteiger partial charge in [-0.15, -0.1) is 0 Å². The predicted octanol–water partition coefficient (Wildman–Crippen LogP) is 6.09. The monoisotopic (exact) mass is 535 g/mol. The number of hydrogen-bond donors (Lipinski definition) is 0. The molecule has 10 heteroatoms. The van der Waals surface area contributed by atoms with Crippen LogP contribution in [-0.2, 0) is 22.8 Å². The lowest BCUT2D eigenvalue weighted by Crippen LogP contribution is -2.33. The van der Waals surface area contributed by atoms with Gasteiger partial charge in [-0.1, -0.05) is 43.7 Å². The number of benzene rings is 3. The molecule has 0 unspecified atom stereocenters. The van der Waals surface area contributed by atoms with Crippen molar-refractivity contribution < 1.29 is 35.3 Å². The summed E-state index contributed by atoms with van der Waals surface area (Å²) in [6.07, 6.45) is -4.72. The lowest BCUT2D eigenvalue weighted by molar-refractivity contribution is -0.137. The fourth-order valence-electron chi connectivity index (χ4n) is 3.64. The molecule has 0 aliphatic heterocycles. The smallest absolute Gasteiger partial charge is 0.416 e. The summed E-state index contributed by atoms with van der Waals surface area (Å²) < 4.78 is 75.4. The average Bonchev–Trinajstić information content (AvgIpc) is 2.83. The van der Waals surface area contributed by atoms with Crippen molar-refractivity contribution in [2.45, 2.75) is 38.4 Å². The first-order chi connectivity index (χ1) is 17.3. The molecule has 0 aliphatic carbocycles. The minimum Gasteiger partial charge on any atom is -0.493 e. The third-order valence-electron chi connectivity index (χ3n) is 5.42. The Labute approximate surface area is 214 Å². The fourth-order valence-corrected chi connectivity index (χ4v) is 4.62. The van der Waals surface area contributed by atoms with Crippen LogP contribution in [-0.4, -0.2) is 32.9 Å². The second-order valence-corrected chi connectivity index (χ2v) is 10.5. The largest absolute Gasteiger partial charge is 0.493 e. The Morgan fingerprint density at radius 3 is 2.24 bits per heavy atom. The van der Waals surface area contributed by atoms with E-state index in [-0.39, 0.29) is 29.9 Å². The Balaban J connectivity index is 1.92. The van der Waals surface area contributed by atoms with Crippen molar-refractivity contribution in [3.05, 3.63) is 89.0 Å². The summed E-state index contributed by atoms with van der Waals surface area (Å²) in [5.74, 6) is -0.169. The molecule has 0 bridgehead atoms. The molecule has 3 rings (SSSR count). The van der Waals surface area contributed by atoms with Gasteiger partial charge in [0.25, 0.3) is 5.91 Å². The lowest BCUT2D eigenvalue weighted by Gasteiger charge is -2.25. The molecular formula is C27H28F3NO5S. The summed E-state index contributed by atoms with van der Waals surface area (Å²) in [7, 11) is -3.31. The highest BCUT2D eigenvalue weighted by atomic mass is 32.2. The maximum Gasteiger partial charge on any atom is 0.416 e. The van der Waals surface area contributed by atoms with Gasteiger partial charge in [-0.05, 0) is 60.9 Å². The van der Waals surface area contributed by atoms with Crippen LogP contribution in [0.1, 0.15) is 40.9 Å². The molecule has 0 saturated heterocycles. The minimum absolute atomic E-state index is 0.0690. The zero-order valence-electron chi connectivity index (χ0n) is 20.9. The molecule has 3 aromatic rings. The number of rotatable bonds is 9. The molecule has 0 aliphatic rings. The Hall–Kier alpha value is -3.53. The molecule has 0 saturated carbocycles. The van der Waals surface area contributed by atoms with Crippen LogP contribution in [0.25, 0.3) is 0 Å². The molecule has 0 atom stereocenters. The van der Waals surface area contributed by atoms with Crippen LogP contribution >= 0.6 is 0 Å². The maximum atomic E-state index is 13.2. The van der Waals surface area contributed by atoms with Crippen LogP contribution in [0.2, 0.25) is 0 Å². The Bertz CT molecular complexity index is 1350. The first kappa shape index (κ1) is 28.0. The van der Waals surface area contributed by atoms with E-state index >= 15 is 0 Å². The van der Waals surface area contributed by atoms with E-state index in [2.05, 4.69) is 0 Å². The summed E-state index contributed by atoms with van der Waals surface area (Å²) in [6, 6.07) is 15.0. The molecule has 6 nitrogen and oxygen atoms in total. The van der Waals surface area contributed by atoms with Gasteiger partial charge in [0.15, 0.2) is 11.5 Å². The Morgan fingerprint density at radius 2 is 1.65 bits per heavy atom. The zero-order chi connectivity index (χ0) is 27.4. The predicted molar refractivity (Wildman–Crippen MR) is 133 cm³/mol. The van der Waals surface area contributed by atoms with Crippen LogP contribution in [0.4, 0.5) is 13.2 Å². The second kappa shape index (κ2) is 11.2. The number of ether oxygens (including phenoxy) is 1. The standard InChI is InChI=1S/C27H28F3NO5S/c1-18(2)16-31(26(32)21-11-8-19(3)9-12-21)17-20-10-13-24(35-4)25(14-20)36-37(33,34)23-7-5-6-22(15-23)27(28,29)30/h5-15,18H,16-17H2,1-4H3. The first-order valence-electron chi connectivity index (χ1n) is 11.4. The van der Waals surface area contributed by atoms with Crippen LogP contribution in [0.5, 0.6) is 11.5 Å². The Morgan fingerprint density at radius 1 is 0.973 bits per heavy atom. The first-order valence-corrected chi connectivity index (χ1v) is 12.9. The third-order valence-corrected chi connectivity index (χ3v) is 6.65. The third kappa shape index (κ3) is 7.25. The van der Waals surface area contributed by atoms with E-state index < -0.39 is 26.8 Å². The van der Waals surface area contributed by atoms with Crippen molar-refractivity contribution in [1.29, 1.82) is 0 Å². The van der Waals surface area contributed by atoms with E-state index in [0.717, 1.165) is 23.8 Å². The molecule has 0 fully saturated rings. The van der Waals surface area contributed by atoms with Crippen molar-refractivity contribution in [3.8, 4) is 11.5 Å². The number of nitrogens with zero attached hydrogens (tertiary/aromatic N) is 1. The van der Waals surface area contributed by atoms with E-state index in [9.17, 15) is 26.4 Å². The van der Waals surface area contributed by atoms with Gasteiger partial charge >= 0.3 is 16.3 Å². The molecule has 0 spiro atoms. The fraction of sp³-hybridized carbons (Fsp3) is 0.296. The van der Waals surface area contributed by atoms with Gasteiger partial charge < -0.3 is 13.8 Å². The highest BCUT2D eigenvalue weighted by molar-refractivity contribution is 7.87. The highest BCUT2D eigenvalue weighted by Gasteiger charge is 2.32. The van der Waals surface area contributed by atoms with Gasteiger partial charge in [-0.25, -0.2) is 0 Å². The van der Waals surface area contributed by atoms with Gasteiger partial charge in [-0.3, -0.25) is 4.79 Å². The summed E-state index contributed by atoms with van der Waals surface area (Å²) in [5, 5.41) is 0. The Kier molecular flexibility index (Phi) is 8.53. The lowest BCUT2D eigenvalue weighted by atomic mass is 10.1. The number of alkyl halides is 3. The maximum absolute atomic E-state index is 13.2. The van der Waals surface area contributed by atoms with E-state index in [1.165, 1.54) is 19.2 Å². The number of halogens is 3. The summed E-state index contributed by atoms with van der Waals surface area (Å²) >= 11 is 0. The average molecular weight is 536 g/mol. The van der Waals surface area contributed by atoms with Crippen molar-refractivity contribution in [2.24, 2.45) is 5.92 Å². The number of carbonyl (C=O) groups is 1. The van der Waals surface area contributed by atoms with Gasteiger partial charge in [-0.2, -0.15) is 21.6 Å². The van der Waals surface area contributed by atoms with E-state index in [4.69, 9.17) is 8.92 Å². The number of aryl methyl sites for hydroxylation is 1. The molecule has 3 aromatic carbocycles. The van der Waals surface area contributed by atoms with Gasteiger partial charge in [0.1, 0.15) is 4.90 Å². The van der Waals surface area contributed by atoms with Crippen molar-refractivity contribution >= 4 is 16.0 Å². The van der Waals surface area contributed by atoms with E-state index in [1.54, 1.807) is 23.1 Å². The van der Waals surface area contributed by atoms with Crippen LogP contribution < -0.4 is 8.92 Å². The van der Waals surface area contributed by atoms with Gasteiger partial charge in [0.2, 0.25) is 0 Å². The van der Waals surface area contributed by atoms with E-state index in [0.29, 0.717) is 23.7 Å². The van der Waals surface area contributed by atoms with Crippen molar-refractivity contribution in [1.82, 2.24) is 4.90 Å². The number of methoxy groups -OCH3 is 1. The second-order valence-electron chi connectivity index (χ2n) is 8.99. The van der Waals surface area contributed by atoms with Gasteiger partial charge in [0, 0.05) is 18.7 Å². The molecule has 0 heterocycles. The summed E-state index contributed by atoms with van der Waals surface area (Å²) in [6.45, 7) is 6.46. The molecule has 0 N–H and O–H groups in total. The van der Waals surface area contributed by atoms with Crippen LogP contribution in [0.3, 0.4) is 0 Å².